The zero-order valence-electron chi connectivity index (χ0n) is 19.5. The maximum atomic E-state index is 12.8. The van der Waals surface area contributed by atoms with Gasteiger partial charge in [-0.15, -0.1) is 11.3 Å². The lowest BCUT2D eigenvalue weighted by Crippen LogP contribution is -2.30. The van der Waals surface area contributed by atoms with Crippen molar-refractivity contribution in [2.45, 2.75) is 26.7 Å². The number of hydrogen-bond donors (Lipinski definition) is 1. The SMILES string of the molecule is CCN(CC)C(=O)c1ccc(/C2=C/CCCNCCOc3ccc(-c4cccs4)cc32)cc1. The van der Waals surface area contributed by atoms with E-state index in [-0.39, 0.29) is 5.91 Å². The molecule has 4 rings (SSSR count). The van der Waals surface area contributed by atoms with E-state index in [2.05, 4.69) is 59.2 Å². The summed E-state index contributed by atoms with van der Waals surface area (Å²) in [6.45, 7) is 7.90. The van der Waals surface area contributed by atoms with Crippen LogP contribution in [0.25, 0.3) is 16.0 Å². The summed E-state index contributed by atoms with van der Waals surface area (Å²) in [5.74, 6) is 0.978. The molecule has 1 N–H and O–H groups in total. The quantitative estimate of drug-likeness (QED) is 0.501. The second-order valence-corrected chi connectivity index (χ2v) is 9.05. The number of carbonyl (C=O) groups is 1. The van der Waals surface area contributed by atoms with Gasteiger partial charge in [0.1, 0.15) is 12.4 Å². The molecule has 1 aliphatic rings. The fraction of sp³-hybridized carbons (Fsp3) is 0.321. The third-order valence-electron chi connectivity index (χ3n) is 6.01. The number of nitrogens with zero attached hydrogens (tertiary/aromatic N) is 1. The lowest BCUT2D eigenvalue weighted by Gasteiger charge is -2.19. The first-order chi connectivity index (χ1) is 16.2. The molecular weight excluding hydrogens is 428 g/mol. The van der Waals surface area contributed by atoms with Gasteiger partial charge in [0.05, 0.1) is 0 Å². The normalized spacial score (nSPS) is 16.0. The molecule has 5 heteroatoms. The van der Waals surface area contributed by atoms with E-state index in [1.807, 2.05) is 30.9 Å². The van der Waals surface area contributed by atoms with Crippen molar-refractivity contribution in [2.75, 3.05) is 32.8 Å². The van der Waals surface area contributed by atoms with Gasteiger partial charge in [-0.1, -0.05) is 24.3 Å². The number of fused-ring (bicyclic) bond motifs is 1. The summed E-state index contributed by atoms with van der Waals surface area (Å²) < 4.78 is 6.21. The number of carbonyl (C=O) groups excluding carboxylic acids is 1. The summed E-state index contributed by atoms with van der Waals surface area (Å²) in [6.07, 6.45) is 4.36. The molecule has 33 heavy (non-hydrogen) atoms. The van der Waals surface area contributed by atoms with Gasteiger partial charge in [0, 0.05) is 35.6 Å². The minimum absolute atomic E-state index is 0.0813. The first-order valence-corrected chi connectivity index (χ1v) is 12.7. The van der Waals surface area contributed by atoms with E-state index in [1.54, 1.807) is 11.3 Å². The highest BCUT2D eigenvalue weighted by molar-refractivity contribution is 7.13. The van der Waals surface area contributed by atoms with E-state index >= 15 is 0 Å². The third kappa shape index (κ3) is 5.55. The summed E-state index contributed by atoms with van der Waals surface area (Å²) in [7, 11) is 0. The fourth-order valence-corrected chi connectivity index (χ4v) is 4.89. The van der Waals surface area contributed by atoms with Crippen molar-refractivity contribution in [1.82, 2.24) is 10.2 Å². The molecule has 1 aliphatic heterocycles. The molecule has 2 heterocycles. The Bertz CT molecular complexity index is 1080. The van der Waals surface area contributed by atoms with Gasteiger partial charge in [0.25, 0.3) is 5.91 Å². The highest BCUT2D eigenvalue weighted by atomic mass is 32.1. The molecule has 0 atom stereocenters. The molecule has 0 unspecified atom stereocenters. The Morgan fingerprint density at radius 3 is 2.55 bits per heavy atom. The van der Waals surface area contributed by atoms with Crippen molar-refractivity contribution in [3.63, 3.8) is 0 Å². The van der Waals surface area contributed by atoms with Gasteiger partial charge in [0.2, 0.25) is 0 Å². The summed E-state index contributed by atoms with van der Waals surface area (Å²) in [6, 6.07) is 18.8. The van der Waals surface area contributed by atoms with Crippen LogP contribution in [-0.2, 0) is 0 Å². The van der Waals surface area contributed by atoms with Crippen LogP contribution >= 0.6 is 11.3 Å². The van der Waals surface area contributed by atoms with Crippen LogP contribution in [0.4, 0.5) is 0 Å². The number of rotatable bonds is 5. The zero-order valence-corrected chi connectivity index (χ0v) is 20.3. The molecule has 1 amide bonds. The maximum Gasteiger partial charge on any atom is 0.253 e. The fourth-order valence-electron chi connectivity index (χ4n) is 4.16. The van der Waals surface area contributed by atoms with Crippen molar-refractivity contribution in [3.05, 3.63) is 82.7 Å². The smallest absolute Gasteiger partial charge is 0.253 e. The monoisotopic (exact) mass is 460 g/mol. The number of hydrogen-bond acceptors (Lipinski definition) is 4. The van der Waals surface area contributed by atoms with E-state index in [0.29, 0.717) is 19.7 Å². The Balaban J connectivity index is 1.75. The molecule has 0 saturated heterocycles. The molecule has 0 aliphatic carbocycles. The van der Waals surface area contributed by atoms with Gasteiger partial charge in [-0.3, -0.25) is 4.79 Å². The average Bonchev–Trinajstić information content (AvgIpc) is 3.38. The Hall–Kier alpha value is -2.89. The Morgan fingerprint density at radius 1 is 1.03 bits per heavy atom. The Kier molecular flexibility index (Phi) is 7.97. The largest absolute Gasteiger partial charge is 0.492 e. The first-order valence-electron chi connectivity index (χ1n) is 11.8. The molecule has 4 nitrogen and oxygen atoms in total. The summed E-state index contributed by atoms with van der Waals surface area (Å²) in [4.78, 5) is 15.9. The molecule has 0 radical (unpaired) electrons. The van der Waals surface area contributed by atoms with Crippen LogP contribution in [0.1, 0.15) is 48.2 Å². The Morgan fingerprint density at radius 2 is 1.82 bits per heavy atom. The number of allylic oxidation sites excluding steroid dienone is 1. The van der Waals surface area contributed by atoms with Crippen LogP contribution in [0.2, 0.25) is 0 Å². The van der Waals surface area contributed by atoms with E-state index in [1.165, 1.54) is 10.4 Å². The molecular formula is C28H32N2O2S. The van der Waals surface area contributed by atoms with Gasteiger partial charge < -0.3 is 15.0 Å². The predicted octanol–water partition coefficient (Wildman–Crippen LogP) is 6.09. The second-order valence-electron chi connectivity index (χ2n) is 8.10. The molecule has 0 saturated carbocycles. The van der Waals surface area contributed by atoms with Gasteiger partial charge >= 0.3 is 0 Å². The number of nitrogens with one attached hydrogen (secondary N) is 1. The minimum Gasteiger partial charge on any atom is -0.492 e. The molecule has 0 fully saturated rings. The van der Waals surface area contributed by atoms with Gasteiger partial charge in [0.15, 0.2) is 0 Å². The molecule has 3 aromatic rings. The summed E-state index contributed by atoms with van der Waals surface area (Å²) in [5.41, 5.74) is 5.29. The molecule has 2 aromatic carbocycles. The average molecular weight is 461 g/mol. The highest BCUT2D eigenvalue weighted by Gasteiger charge is 2.16. The van der Waals surface area contributed by atoms with Crippen molar-refractivity contribution in [1.29, 1.82) is 0 Å². The summed E-state index contributed by atoms with van der Waals surface area (Å²) >= 11 is 1.74. The van der Waals surface area contributed by atoms with Crippen molar-refractivity contribution < 1.29 is 9.53 Å². The van der Waals surface area contributed by atoms with Crippen LogP contribution in [0, 0.1) is 0 Å². The van der Waals surface area contributed by atoms with Crippen molar-refractivity contribution >= 4 is 22.8 Å². The van der Waals surface area contributed by atoms with Crippen LogP contribution in [0.3, 0.4) is 0 Å². The van der Waals surface area contributed by atoms with E-state index in [9.17, 15) is 4.79 Å². The lowest BCUT2D eigenvalue weighted by atomic mass is 9.93. The number of ether oxygens (including phenoxy) is 1. The lowest BCUT2D eigenvalue weighted by molar-refractivity contribution is 0.0773. The number of amides is 1. The van der Waals surface area contributed by atoms with Gasteiger partial charge in [-0.2, -0.15) is 0 Å². The predicted molar refractivity (Wildman–Crippen MR) is 138 cm³/mol. The second kappa shape index (κ2) is 11.3. The van der Waals surface area contributed by atoms with Crippen LogP contribution in [0.5, 0.6) is 5.75 Å². The zero-order chi connectivity index (χ0) is 23.0. The van der Waals surface area contributed by atoms with Crippen LogP contribution in [0.15, 0.2) is 66.1 Å². The van der Waals surface area contributed by atoms with E-state index < -0.39 is 0 Å². The third-order valence-corrected chi connectivity index (χ3v) is 6.93. The van der Waals surface area contributed by atoms with Crippen LogP contribution < -0.4 is 10.1 Å². The molecule has 0 spiro atoms. The van der Waals surface area contributed by atoms with E-state index in [4.69, 9.17) is 4.74 Å². The van der Waals surface area contributed by atoms with Crippen molar-refractivity contribution in [2.24, 2.45) is 0 Å². The molecule has 1 aromatic heterocycles. The molecule has 172 valence electrons. The van der Waals surface area contributed by atoms with Crippen molar-refractivity contribution in [3.8, 4) is 16.2 Å². The van der Waals surface area contributed by atoms with Gasteiger partial charge in [-0.05, 0) is 91.7 Å². The first kappa shape index (κ1) is 23.3. The highest BCUT2D eigenvalue weighted by Crippen LogP contribution is 2.36. The molecule has 0 bridgehead atoms. The summed E-state index contributed by atoms with van der Waals surface area (Å²) in [5, 5.41) is 5.56. The number of thiophene rings is 1. The maximum absolute atomic E-state index is 12.8. The van der Waals surface area contributed by atoms with E-state index in [0.717, 1.165) is 53.9 Å². The minimum atomic E-state index is 0.0813. The van der Waals surface area contributed by atoms with Crippen LogP contribution in [-0.4, -0.2) is 43.6 Å². The topological polar surface area (TPSA) is 41.6 Å². The number of benzene rings is 2. The van der Waals surface area contributed by atoms with Gasteiger partial charge in [-0.25, -0.2) is 0 Å². The Labute approximate surface area is 200 Å². The standard InChI is InChI=1S/C28H32N2O2S/c1-3-30(4-2)28(31)22-12-10-21(11-13-22)24-8-5-6-16-29-17-18-32-26-15-14-23(20-25(24)26)27-9-7-19-33-27/h7-15,19-20,29H,3-6,16-18H2,1-2H3/b24-8-.